The lowest BCUT2D eigenvalue weighted by Gasteiger charge is -2.23. The van der Waals surface area contributed by atoms with Crippen LogP contribution in [0.1, 0.15) is 62.5 Å². The van der Waals surface area contributed by atoms with Gasteiger partial charge in [0.2, 0.25) is 0 Å². The third kappa shape index (κ3) is 2.59. The smallest absolute Gasteiger partial charge is 0.184 e. The van der Waals surface area contributed by atoms with E-state index in [9.17, 15) is 4.79 Å². The number of nitrogens with zero attached hydrogens (tertiary/aromatic N) is 2. The molecule has 1 fully saturated rings. The molecule has 1 aromatic rings. The normalized spacial score (nSPS) is 18.5. The second-order valence-corrected chi connectivity index (χ2v) is 5.96. The third-order valence-electron chi connectivity index (χ3n) is 3.62. The van der Waals surface area contributed by atoms with E-state index < -0.39 is 0 Å². The number of ketones is 1. The van der Waals surface area contributed by atoms with Crippen LogP contribution < -0.4 is 5.73 Å². The molecule has 1 aliphatic carbocycles. The first-order valence-corrected chi connectivity index (χ1v) is 6.86. The van der Waals surface area contributed by atoms with E-state index in [4.69, 9.17) is 17.3 Å². The van der Waals surface area contributed by atoms with Crippen LogP contribution in [0.2, 0.25) is 5.02 Å². The van der Waals surface area contributed by atoms with Crippen LogP contribution in [-0.2, 0) is 0 Å². The fourth-order valence-corrected chi connectivity index (χ4v) is 2.89. The molecule has 0 radical (unpaired) electrons. The van der Waals surface area contributed by atoms with Crippen molar-refractivity contribution in [1.29, 1.82) is 0 Å². The van der Waals surface area contributed by atoms with Gasteiger partial charge in [-0.2, -0.15) is 5.10 Å². The second kappa shape index (κ2) is 5.02. The Labute approximate surface area is 112 Å². The zero-order valence-corrected chi connectivity index (χ0v) is 11.7. The summed E-state index contributed by atoms with van der Waals surface area (Å²) in [6, 6.07) is 0.119. The number of halogens is 1. The highest BCUT2D eigenvalue weighted by Gasteiger charge is 2.33. The van der Waals surface area contributed by atoms with Gasteiger partial charge in [0.1, 0.15) is 5.69 Å². The highest BCUT2D eigenvalue weighted by Crippen LogP contribution is 2.32. The van der Waals surface area contributed by atoms with Crippen LogP contribution in [0.15, 0.2) is 6.20 Å². The Kier molecular flexibility index (Phi) is 3.78. The molecule has 0 atom stereocenters. The Morgan fingerprint density at radius 2 is 2.17 bits per heavy atom. The molecule has 0 saturated heterocycles. The molecule has 1 heterocycles. The highest BCUT2D eigenvalue weighted by molar-refractivity contribution is 6.33. The SMILES string of the molecule is CC(C)n1ncc(Cl)c1C(=O)CC1(N)CCCC1. The van der Waals surface area contributed by atoms with E-state index in [-0.39, 0.29) is 17.4 Å². The molecule has 2 rings (SSSR count). The van der Waals surface area contributed by atoms with Crippen LogP contribution in [0.4, 0.5) is 0 Å². The van der Waals surface area contributed by atoms with Crippen molar-refractivity contribution in [3.05, 3.63) is 16.9 Å². The van der Waals surface area contributed by atoms with Crippen LogP contribution in [0.5, 0.6) is 0 Å². The van der Waals surface area contributed by atoms with Gasteiger partial charge in [0.05, 0.1) is 11.2 Å². The summed E-state index contributed by atoms with van der Waals surface area (Å²) in [6.45, 7) is 3.96. The maximum absolute atomic E-state index is 12.4. The Balaban J connectivity index is 2.21. The highest BCUT2D eigenvalue weighted by atomic mass is 35.5. The van der Waals surface area contributed by atoms with Crippen molar-refractivity contribution in [2.24, 2.45) is 5.73 Å². The van der Waals surface area contributed by atoms with E-state index in [2.05, 4.69) is 5.10 Å². The summed E-state index contributed by atoms with van der Waals surface area (Å²) in [5, 5.41) is 4.58. The summed E-state index contributed by atoms with van der Waals surface area (Å²) < 4.78 is 1.68. The van der Waals surface area contributed by atoms with Crippen molar-refractivity contribution in [2.45, 2.75) is 57.5 Å². The largest absolute Gasteiger partial charge is 0.325 e. The monoisotopic (exact) mass is 269 g/mol. The first kappa shape index (κ1) is 13.6. The lowest BCUT2D eigenvalue weighted by atomic mass is 9.91. The molecule has 1 aliphatic rings. The van der Waals surface area contributed by atoms with Crippen molar-refractivity contribution in [2.75, 3.05) is 0 Å². The zero-order valence-electron chi connectivity index (χ0n) is 10.9. The predicted octanol–water partition coefficient (Wildman–Crippen LogP) is 2.96. The van der Waals surface area contributed by atoms with Crippen molar-refractivity contribution >= 4 is 17.4 Å². The molecule has 0 bridgehead atoms. The minimum Gasteiger partial charge on any atom is -0.325 e. The molecular weight excluding hydrogens is 250 g/mol. The van der Waals surface area contributed by atoms with Gasteiger partial charge in [0.25, 0.3) is 0 Å². The molecule has 2 N–H and O–H groups in total. The fourth-order valence-electron chi connectivity index (χ4n) is 2.65. The summed E-state index contributed by atoms with van der Waals surface area (Å²) in [6.07, 6.45) is 5.97. The Morgan fingerprint density at radius 1 is 1.56 bits per heavy atom. The number of carbonyl (C=O) groups excluding carboxylic acids is 1. The standard InChI is InChI=1S/C13H20ClN3O/c1-9(2)17-12(10(14)8-16-17)11(18)7-13(15)5-3-4-6-13/h8-9H,3-7,15H2,1-2H3. The molecule has 4 nitrogen and oxygen atoms in total. The van der Waals surface area contributed by atoms with Crippen LogP contribution in [0.3, 0.4) is 0 Å². The predicted molar refractivity (Wildman–Crippen MR) is 72.0 cm³/mol. The van der Waals surface area contributed by atoms with Crippen molar-refractivity contribution in [3.8, 4) is 0 Å². The van der Waals surface area contributed by atoms with Gasteiger partial charge in [0, 0.05) is 18.0 Å². The molecule has 0 aliphatic heterocycles. The minimum atomic E-state index is -0.341. The quantitative estimate of drug-likeness (QED) is 0.855. The minimum absolute atomic E-state index is 0.00981. The Bertz CT molecular complexity index is 447. The van der Waals surface area contributed by atoms with E-state index in [1.54, 1.807) is 4.68 Å². The molecule has 18 heavy (non-hydrogen) atoms. The van der Waals surface area contributed by atoms with Gasteiger partial charge in [-0.3, -0.25) is 9.48 Å². The van der Waals surface area contributed by atoms with Gasteiger partial charge in [-0.15, -0.1) is 0 Å². The molecule has 0 spiro atoms. The molecule has 1 aromatic heterocycles. The molecular formula is C13H20ClN3O. The number of hydrogen-bond acceptors (Lipinski definition) is 3. The zero-order chi connectivity index (χ0) is 13.3. The number of carbonyl (C=O) groups is 1. The average molecular weight is 270 g/mol. The Hall–Kier alpha value is -0.870. The van der Waals surface area contributed by atoms with Gasteiger partial charge in [0.15, 0.2) is 5.78 Å². The van der Waals surface area contributed by atoms with Gasteiger partial charge in [-0.25, -0.2) is 0 Å². The van der Waals surface area contributed by atoms with Gasteiger partial charge in [-0.05, 0) is 26.7 Å². The molecule has 0 unspecified atom stereocenters. The summed E-state index contributed by atoms with van der Waals surface area (Å²) in [4.78, 5) is 12.4. The molecule has 0 amide bonds. The summed E-state index contributed by atoms with van der Waals surface area (Å²) >= 11 is 6.07. The van der Waals surface area contributed by atoms with E-state index in [1.165, 1.54) is 6.20 Å². The number of hydrogen-bond donors (Lipinski definition) is 1. The molecule has 5 heteroatoms. The first-order chi connectivity index (χ1) is 8.43. The van der Waals surface area contributed by atoms with Gasteiger partial charge < -0.3 is 5.73 Å². The van der Waals surface area contributed by atoms with Gasteiger partial charge in [-0.1, -0.05) is 24.4 Å². The lowest BCUT2D eigenvalue weighted by molar-refractivity contribution is 0.0940. The second-order valence-electron chi connectivity index (χ2n) is 5.55. The van der Waals surface area contributed by atoms with E-state index in [0.29, 0.717) is 17.1 Å². The average Bonchev–Trinajstić information content (AvgIpc) is 2.84. The van der Waals surface area contributed by atoms with Crippen molar-refractivity contribution in [1.82, 2.24) is 9.78 Å². The van der Waals surface area contributed by atoms with E-state index >= 15 is 0 Å². The van der Waals surface area contributed by atoms with Crippen LogP contribution in [-0.4, -0.2) is 21.1 Å². The van der Waals surface area contributed by atoms with Crippen molar-refractivity contribution < 1.29 is 4.79 Å². The van der Waals surface area contributed by atoms with Crippen LogP contribution in [0.25, 0.3) is 0 Å². The number of Topliss-reactive ketones (excluding diaryl/α,β-unsaturated/α-hetero) is 1. The fraction of sp³-hybridized carbons (Fsp3) is 0.692. The molecule has 100 valence electrons. The molecule has 0 aromatic carbocycles. The van der Waals surface area contributed by atoms with E-state index in [1.807, 2.05) is 13.8 Å². The molecule has 1 saturated carbocycles. The van der Waals surface area contributed by atoms with Crippen LogP contribution >= 0.6 is 11.6 Å². The summed E-state index contributed by atoms with van der Waals surface area (Å²) in [7, 11) is 0. The van der Waals surface area contributed by atoms with E-state index in [0.717, 1.165) is 25.7 Å². The lowest BCUT2D eigenvalue weighted by Crippen LogP contribution is -2.39. The summed E-state index contributed by atoms with van der Waals surface area (Å²) in [5.74, 6) is 0.00981. The van der Waals surface area contributed by atoms with Gasteiger partial charge >= 0.3 is 0 Å². The number of aromatic nitrogens is 2. The van der Waals surface area contributed by atoms with Crippen LogP contribution in [0, 0.1) is 0 Å². The Morgan fingerprint density at radius 3 is 2.72 bits per heavy atom. The first-order valence-electron chi connectivity index (χ1n) is 6.48. The third-order valence-corrected chi connectivity index (χ3v) is 3.89. The number of nitrogens with two attached hydrogens (primary N) is 1. The maximum Gasteiger partial charge on any atom is 0.184 e. The summed E-state index contributed by atoms with van der Waals surface area (Å²) in [5.41, 5.74) is 6.41. The maximum atomic E-state index is 12.4. The topological polar surface area (TPSA) is 60.9 Å². The van der Waals surface area contributed by atoms with Crippen molar-refractivity contribution in [3.63, 3.8) is 0 Å². The number of rotatable bonds is 4.